The van der Waals surface area contributed by atoms with E-state index >= 15 is 0 Å². The third-order valence-corrected chi connectivity index (χ3v) is 6.96. The van der Waals surface area contributed by atoms with Crippen molar-refractivity contribution in [1.29, 1.82) is 0 Å². The van der Waals surface area contributed by atoms with Crippen molar-refractivity contribution >= 4 is 28.2 Å². The lowest BCUT2D eigenvalue weighted by atomic mass is 10.0. The number of hydrogen-bond acceptors (Lipinski definition) is 6. The van der Waals surface area contributed by atoms with Gasteiger partial charge in [-0.25, -0.2) is 9.97 Å². The molecule has 2 atom stereocenters. The first-order valence-corrected chi connectivity index (χ1v) is 11.3. The van der Waals surface area contributed by atoms with Crippen molar-refractivity contribution in [3.05, 3.63) is 55.1 Å². The van der Waals surface area contributed by atoms with Gasteiger partial charge in [0.05, 0.1) is 6.20 Å². The lowest BCUT2D eigenvalue weighted by molar-refractivity contribution is -0.121. The van der Waals surface area contributed by atoms with Crippen molar-refractivity contribution < 1.29 is 4.79 Å². The van der Waals surface area contributed by atoms with Crippen LogP contribution >= 0.6 is 0 Å². The topological polar surface area (TPSA) is 80.0 Å². The van der Waals surface area contributed by atoms with Gasteiger partial charge in [-0.15, -0.1) is 0 Å². The first kappa shape index (κ1) is 19.8. The Labute approximate surface area is 191 Å². The Morgan fingerprint density at radius 1 is 1.09 bits per heavy atom. The van der Waals surface area contributed by atoms with Gasteiger partial charge in [0.25, 0.3) is 5.91 Å². The van der Waals surface area contributed by atoms with E-state index < -0.39 is 5.54 Å². The van der Waals surface area contributed by atoms with Gasteiger partial charge in [0.15, 0.2) is 11.6 Å². The average Bonchev–Trinajstić information content (AvgIpc) is 3.24. The largest absolute Gasteiger partial charge is 0.337 e. The van der Waals surface area contributed by atoms with Crippen LogP contribution in [0.15, 0.2) is 55.1 Å². The maximum atomic E-state index is 13.3. The average molecular weight is 440 g/mol. The molecule has 33 heavy (non-hydrogen) atoms. The third kappa shape index (κ3) is 2.66. The van der Waals surface area contributed by atoms with E-state index in [9.17, 15) is 4.79 Å². The summed E-state index contributed by atoms with van der Waals surface area (Å²) in [5.41, 5.74) is 0.989. The number of nitrogens with zero attached hydrogens (tertiary/aromatic N) is 7. The van der Waals surface area contributed by atoms with Gasteiger partial charge in [-0.2, -0.15) is 4.98 Å². The SMILES string of the molecule is CC(C)N1c2nc(-n3ccnc3-c3nccc4ccccc34)ncc2N(C)C(=O)[C@@]12C[C@@H]2C. The second-order valence-corrected chi connectivity index (χ2v) is 9.24. The summed E-state index contributed by atoms with van der Waals surface area (Å²) in [6.45, 7) is 6.35. The number of hydrogen-bond donors (Lipinski definition) is 0. The van der Waals surface area contributed by atoms with Crippen LogP contribution in [0, 0.1) is 5.92 Å². The van der Waals surface area contributed by atoms with E-state index in [-0.39, 0.29) is 17.9 Å². The van der Waals surface area contributed by atoms with Crippen LogP contribution in [0.5, 0.6) is 0 Å². The molecule has 6 rings (SSSR count). The Balaban J connectivity index is 1.52. The molecule has 2 aliphatic rings. The van der Waals surface area contributed by atoms with Gasteiger partial charge in [0.2, 0.25) is 5.95 Å². The monoisotopic (exact) mass is 439 g/mol. The zero-order valence-corrected chi connectivity index (χ0v) is 19.1. The predicted octanol–water partition coefficient (Wildman–Crippen LogP) is 3.85. The minimum atomic E-state index is -0.517. The van der Waals surface area contributed by atoms with Crippen molar-refractivity contribution in [3.63, 3.8) is 0 Å². The van der Waals surface area contributed by atoms with Crippen LogP contribution in [0.25, 0.3) is 28.2 Å². The molecule has 4 heterocycles. The molecule has 166 valence electrons. The zero-order chi connectivity index (χ0) is 22.9. The lowest BCUT2D eigenvalue weighted by Crippen LogP contribution is -2.58. The van der Waals surface area contributed by atoms with Crippen LogP contribution in [0.3, 0.4) is 0 Å². The molecule has 1 spiro atoms. The molecule has 1 aromatic carbocycles. The Bertz CT molecular complexity index is 1410. The number of imidazole rings is 1. The van der Waals surface area contributed by atoms with Crippen LogP contribution in [0.1, 0.15) is 27.2 Å². The van der Waals surface area contributed by atoms with E-state index in [0.29, 0.717) is 11.8 Å². The van der Waals surface area contributed by atoms with Crippen molar-refractivity contribution in [1.82, 2.24) is 24.5 Å². The van der Waals surface area contributed by atoms with Gasteiger partial charge >= 0.3 is 0 Å². The number of pyridine rings is 1. The molecule has 3 aromatic heterocycles. The number of carbonyl (C=O) groups excluding carboxylic acids is 1. The summed E-state index contributed by atoms with van der Waals surface area (Å²) in [7, 11) is 1.82. The van der Waals surface area contributed by atoms with Crippen LogP contribution in [-0.2, 0) is 4.79 Å². The molecule has 8 nitrogen and oxygen atoms in total. The fraction of sp³-hybridized carbons (Fsp3) is 0.320. The highest BCUT2D eigenvalue weighted by Crippen LogP contribution is 2.56. The number of aromatic nitrogens is 5. The second kappa shape index (κ2) is 6.84. The highest BCUT2D eigenvalue weighted by molar-refractivity contribution is 6.09. The predicted molar refractivity (Wildman–Crippen MR) is 127 cm³/mol. The molecule has 1 aliphatic carbocycles. The van der Waals surface area contributed by atoms with E-state index in [2.05, 4.69) is 46.7 Å². The number of carbonyl (C=O) groups is 1. The quantitative estimate of drug-likeness (QED) is 0.482. The lowest BCUT2D eigenvalue weighted by Gasteiger charge is -2.44. The van der Waals surface area contributed by atoms with Crippen molar-refractivity contribution in [2.75, 3.05) is 16.8 Å². The van der Waals surface area contributed by atoms with E-state index in [0.717, 1.165) is 34.4 Å². The van der Waals surface area contributed by atoms with Gasteiger partial charge in [0.1, 0.15) is 16.9 Å². The van der Waals surface area contributed by atoms with Gasteiger partial charge in [-0.3, -0.25) is 14.3 Å². The maximum Gasteiger partial charge on any atom is 0.253 e. The Hall–Kier alpha value is -3.81. The zero-order valence-electron chi connectivity index (χ0n) is 19.1. The van der Waals surface area contributed by atoms with Crippen LogP contribution < -0.4 is 9.80 Å². The molecular weight excluding hydrogens is 414 g/mol. The molecule has 1 fully saturated rings. The summed E-state index contributed by atoms with van der Waals surface area (Å²) < 4.78 is 1.87. The number of likely N-dealkylation sites (N-methyl/N-ethyl adjacent to an activating group) is 1. The van der Waals surface area contributed by atoms with Crippen molar-refractivity contribution in [2.45, 2.75) is 38.8 Å². The van der Waals surface area contributed by atoms with E-state index in [1.165, 1.54) is 0 Å². The Morgan fingerprint density at radius 3 is 2.64 bits per heavy atom. The summed E-state index contributed by atoms with van der Waals surface area (Å²) in [6, 6.07) is 10.2. The highest BCUT2D eigenvalue weighted by Gasteiger charge is 2.66. The number of fused-ring (bicyclic) bond motifs is 2. The number of benzene rings is 1. The molecule has 1 aliphatic heterocycles. The number of anilines is 2. The van der Waals surface area contributed by atoms with Crippen LogP contribution in [0.4, 0.5) is 11.5 Å². The van der Waals surface area contributed by atoms with Crippen molar-refractivity contribution in [3.8, 4) is 17.5 Å². The molecular formula is C25H25N7O. The minimum absolute atomic E-state index is 0.121. The van der Waals surface area contributed by atoms with Crippen LogP contribution in [-0.4, -0.2) is 49.0 Å². The number of rotatable bonds is 3. The Morgan fingerprint density at radius 2 is 1.88 bits per heavy atom. The first-order valence-electron chi connectivity index (χ1n) is 11.3. The second-order valence-electron chi connectivity index (χ2n) is 9.24. The van der Waals surface area contributed by atoms with Crippen LogP contribution in [0.2, 0.25) is 0 Å². The molecule has 4 aromatic rings. The van der Waals surface area contributed by atoms with E-state index in [1.54, 1.807) is 23.5 Å². The minimum Gasteiger partial charge on any atom is -0.337 e. The summed E-state index contributed by atoms with van der Waals surface area (Å²) in [6.07, 6.45) is 7.97. The fourth-order valence-electron chi connectivity index (χ4n) is 5.26. The molecule has 8 heteroatoms. The molecule has 1 amide bonds. The summed E-state index contributed by atoms with van der Waals surface area (Å²) in [5.74, 6) is 2.37. The van der Waals surface area contributed by atoms with Gasteiger partial charge in [0, 0.05) is 37.1 Å². The fourth-order valence-corrected chi connectivity index (χ4v) is 5.26. The summed E-state index contributed by atoms with van der Waals surface area (Å²) >= 11 is 0. The third-order valence-electron chi connectivity index (χ3n) is 6.96. The number of amides is 1. The molecule has 0 bridgehead atoms. The molecule has 0 unspecified atom stereocenters. The van der Waals surface area contributed by atoms with Gasteiger partial charge < -0.3 is 9.80 Å². The standard InChI is InChI=1S/C25H25N7O/c1-15(2)32-21-19(30(4)23(33)25(32)13-16(25)3)14-28-24(29-21)31-12-11-27-22(31)20-18-8-6-5-7-17(18)9-10-26-20/h5-12,14-16H,13H2,1-4H3/t16-,25-/m0/s1. The Kier molecular flexibility index (Phi) is 4.11. The summed E-state index contributed by atoms with van der Waals surface area (Å²) in [4.78, 5) is 36.0. The van der Waals surface area contributed by atoms with Crippen molar-refractivity contribution in [2.24, 2.45) is 5.92 Å². The first-order chi connectivity index (χ1) is 15.9. The molecule has 0 radical (unpaired) electrons. The molecule has 0 N–H and O–H groups in total. The normalized spacial score (nSPS) is 21.8. The highest BCUT2D eigenvalue weighted by atomic mass is 16.2. The van der Waals surface area contributed by atoms with E-state index in [4.69, 9.17) is 4.98 Å². The van der Waals surface area contributed by atoms with Gasteiger partial charge in [-0.05, 0) is 37.6 Å². The molecule has 1 saturated carbocycles. The van der Waals surface area contributed by atoms with E-state index in [1.807, 2.05) is 42.1 Å². The smallest absolute Gasteiger partial charge is 0.253 e. The summed E-state index contributed by atoms with van der Waals surface area (Å²) in [5, 5.41) is 2.12. The van der Waals surface area contributed by atoms with Gasteiger partial charge in [-0.1, -0.05) is 31.2 Å². The molecule has 0 saturated heterocycles. The maximum absolute atomic E-state index is 13.3.